The van der Waals surface area contributed by atoms with Crippen LogP contribution < -0.4 is 5.32 Å². The lowest BCUT2D eigenvalue weighted by atomic mass is 9.95. The number of ether oxygens (including phenoxy) is 1. The van der Waals surface area contributed by atoms with Crippen molar-refractivity contribution in [2.75, 3.05) is 6.61 Å². The number of carbonyl (C=O) groups is 2. The maximum atomic E-state index is 11.9. The molecular weight excluding hydrogens is 351 g/mol. The molecule has 22 heavy (non-hydrogen) atoms. The number of nitrogens with one attached hydrogen (secondary N) is 1. The molecule has 1 saturated carbocycles. The minimum Gasteiger partial charge on any atom is -0.451 e. The summed E-state index contributed by atoms with van der Waals surface area (Å²) >= 11 is 17.4. The smallest absolute Gasteiger partial charge is 0.359 e. The number of aromatic nitrogens is 1. The highest BCUT2D eigenvalue weighted by Crippen LogP contribution is 2.31. The van der Waals surface area contributed by atoms with E-state index in [1.54, 1.807) is 0 Å². The summed E-state index contributed by atoms with van der Waals surface area (Å²) in [6.45, 7) is -0.381. The van der Waals surface area contributed by atoms with Crippen molar-refractivity contribution >= 4 is 46.7 Å². The Morgan fingerprint density at radius 3 is 2.55 bits per heavy atom. The summed E-state index contributed by atoms with van der Waals surface area (Å²) < 4.78 is 4.91. The maximum absolute atomic E-state index is 11.9. The molecule has 1 aromatic rings. The van der Waals surface area contributed by atoms with Gasteiger partial charge in [0.05, 0.1) is 15.1 Å². The van der Waals surface area contributed by atoms with E-state index in [1.165, 1.54) is 12.6 Å². The Kier molecular flexibility index (Phi) is 6.29. The van der Waals surface area contributed by atoms with Gasteiger partial charge in [-0.1, -0.05) is 54.1 Å². The SMILES string of the molecule is O=C(COC(=O)c1ncc(Cl)c(Cl)c1Cl)NC1CCCCC1. The van der Waals surface area contributed by atoms with Gasteiger partial charge < -0.3 is 10.1 Å². The molecule has 2 rings (SSSR count). The number of nitrogens with zero attached hydrogens (tertiary/aromatic N) is 1. The van der Waals surface area contributed by atoms with Gasteiger partial charge in [-0.05, 0) is 12.8 Å². The number of hydrogen-bond donors (Lipinski definition) is 1. The van der Waals surface area contributed by atoms with Crippen molar-refractivity contribution in [1.29, 1.82) is 0 Å². The lowest BCUT2D eigenvalue weighted by Gasteiger charge is -2.22. The highest BCUT2D eigenvalue weighted by atomic mass is 35.5. The molecule has 1 heterocycles. The molecule has 0 saturated heterocycles. The summed E-state index contributed by atoms with van der Waals surface area (Å²) in [5.74, 6) is -1.15. The summed E-state index contributed by atoms with van der Waals surface area (Å²) in [6, 6.07) is 0.159. The summed E-state index contributed by atoms with van der Waals surface area (Å²) in [5, 5.41) is 2.92. The first-order chi connectivity index (χ1) is 10.5. The van der Waals surface area contributed by atoms with Crippen molar-refractivity contribution in [3.63, 3.8) is 0 Å². The second-order valence-electron chi connectivity index (χ2n) is 5.06. The molecule has 1 aliphatic carbocycles. The Hall–Kier alpha value is -1.04. The Morgan fingerprint density at radius 2 is 1.86 bits per heavy atom. The molecule has 0 aliphatic heterocycles. The van der Waals surface area contributed by atoms with Gasteiger partial charge in [0.15, 0.2) is 12.3 Å². The summed E-state index contributed by atoms with van der Waals surface area (Å²) in [4.78, 5) is 27.4. The molecule has 0 spiro atoms. The Labute approximate surface area is 143 Å². The van der Waals surface area contributed by atoms with Crippen LogP contribution in [-0.4, -0.2) is 29.5 Å². The van der Waals surface area contributed by atoms with Gasteiger partial charge in [0.25, 0.3) is 5.91 Å². The zero-order valence-electron chi connectivity index (χ0n) is 11.7. The molecule has 1 N–H and O–H groups in total. The molecule has 1 aromatic heterocycles. The lowest BCUT2D eigenvalue weighted by molar-refractivity contribution is -0.125. The van der Waals surface area contributed by atoms with Gasteiger partial charge >= 0.3 is 5.97 Å². The monoisotopic (exact) mass is 364 g/mol. The fourth-order valence-electron chi connectivity index (χ4n) is 2.30. The Morgan fingerprint density at radius 1 is 1.18 bits per heavy atom. The molecule has 120 valence electrons. The van der Waals surface area contributed by atoms with E-state index in [9.17, 15) is 9.59 Å². The van der Waals surface area contributed by atoms with Crippen LogP contribution in [0.1, 0.15) is 42.6 Å². The first kappa shape index (κ1) is 17.3. The van der Waals surface area contributed by atoms with Crippen molar-refractivity contribution in [2.24, 2.45) is 0 Å². The highest BCUT2D eigenvalue weighted by molar-refractivity contribution is 6.48. The fourth-order valence-corrected chi connectivity index (χ4v) is 2.86. The largest absolute Gasteiger partial charge is 0.451 e. The molecule has 1 fully saturated rings. The van der Waals surface area contributed by atoms with E-state index in [2.05, 4.69) is 10.3 Å². The van der Waals surface area contributed by atoms with E-state index in [0.29, 0.717) is 0 Å². The van der Waals surface area contributed by atoms with Crippen molar-refractivity contribution in [3.05, 3.63) is 27.0 Å². The zero-order valence-corrected chi connectivity index (χ0v) is 14.0. The van der Waals surface area contributed by atoms with Crippen LogP contribution >= 0.6 is 34.8 Å². The molecule has 5 nitrogen and oxygen atoms in total. The van der Waals surface area contributed by atoms with Crippen molar-refractivity contribution in [2.45, 2.75) is 38.1 Å². The van der Waals surface area contributed by atoms with Crippen molar-refractivity contribution in [1.82, 2.24) is 10.3 Å². The average molecular weight is 366 g/mol. The first-order valence-corrected chi connectivity index (χ1v) is 8.08. The van der Waals surface area contributed by atoms with Crippen LogP contribution in [0.4, 0.5) is 0 Å². The molecule has 8 heteroatoms. The topological polar surface area (TPSA) is 68.3 Å². The third-order valence-corrected chi connectivity index (χ3v) is 4.66. The van der Waals surface area contributed by atoms with Gasteiger partial charge in [0.2, 0.25) is 0 Å². The van der Waals surface area contributed by atoms with Crippen molar-refractivity contribution < 1.29 is 14.3 Å². The first-order valence-electron chi connectivity index (χ1n) is 6.95. The van der Waals surface area contributed by atoms with Gasteiger partial charge in [-0.3, -0.25) is 4.79 Å². The number of pyridine rings is 1. The van der Waals surface area contributed by atoms with Crippen LogP contribution in [0.15, 0.2) is 6.20 Å². The van der Waals surface area contributed by atoms with E-state index >= 15 is 0 Å². The van der Waals surface area contributed by atoms with Gasteiger partial charge in [-0.25, -0.2) is 9.78 Å². The number of esters is 1. The average Bonchev–Trinajstić information content (AvgIpc) is 2.51. The van der Waals surface area contributed by atoms with Gasteiger partial charge in [0.1, 0.15) is 0 Å². The Balaban J connectivity index is 1.87. The minimum absolute atomic E-state index is 0.0249. The van der Waals surface area contributed by atoms with Crippen LogP contribution in [0, 0.1) is 0 Å². The molecule has 0 unspecified atom stereocenters. The number of halogens is 3. The van der Waals surface area contributed by atoms with Crippen LogP contribution in [0.2, 0.25) is 15.1 Å². The number of rotatable bonds is 4. The molecule has 0 bridgehead atoms. The lowest BCUT2D eigenvalue weighted by Crippen LogP contribution is -2.38. The van der Waals surface area contributed by atoms with Crippen molar-refractivity contribution in [3.8, 4) is 0 Å². The Bertz CT molecular complexity index is 575. The van der Waals surface area contributed by atoms with E-state index in [0.717, 1.165) is 25.7 Å². The van der Waals surface area contributed by atoms with E-state index in [1.807, 2.05) is 0 Å². The standard InChI is InChI=1S/C14H15Cl3N2O3/c15-9-6-18-13(12(17)11(9)16)14(21)22-7-10(20)19-8-4-2-1-3-5-8/h6,8H,1-5,7H2,(H,19,20). The minimum atomic E-state index is -0.817. The highest BCUT2D eigenvalue weighted by Gasteiger charge is 2.20. The summed E-state index contributed by atoms with van der Waals surface area (Å²) in [7, 11) is 0. The van der Waals surface area contributed by atoms with E-state index < -0.39 is 5.97 Å². The van der Waals surface area contributed by atoms with Crippen LogP contribution in [0.5, 0.6) is 0 Å². The van der Waals surface area contributed by atoms with Crippen LogP contribution in [0.3, 0.4) is 0 Å². The zero-order chi connectivity index (χ0) is 16.1. The molecule has 1 aliphatic rings. The second kappa shape index (κ2) is 7.99. The maximum Gasteiger partial charge on any atom is 0.359 e. The van der Waals surface area contributed by atoms with Gasteiger partial charge in [-0.2, -0.15) is 0 Å². The van der Waals surface area contributed by atoms with Crippen LogP contribution in [-0.2, 0) is 9.53 Å². The molecule has 1 amide bonds. The predicted octanol–water partition coefficient (Wildman–Crippen LogP) is 3.65. The van der Waals surface area contributed by atoms with Gasteiger partial charge in [-0.15, -0.1) is 0 Å². The summed E-state index contributed by atoms with van der Waals surface area (Å²) in [5.41, 5.74) is -0.165. The van der Waals surface area contributed by atoms with E-state index in [-0.39, 0.29) is 39.3 Å². The fraction of sp³-hybridized carbons (Fsp3) is 0.500. The number of hydrogen-bond acceptors (Lipinski definition) is 4. The predicted molar refractivity (Wildman–Crippen MR) is 84.6 cm³/mol. The third-order valence-electron chi connectivity index (χ3n) is 3.42. The summed E-state index contributed by atoms with van der Waals surface area (Å²) in [6.07, 6.45) is 6.53. The molecule has 0 aromatic carbocycles. The van der Waals surface area contributed by atoms with Gasteiger partial charge in [0, 0.05) is 12.2 Å². The second-order valence-corrected chi connectivity index (χ2v) is 6.22. The molecule has 0 atom stereocenters. The molecule has 0 radical (unpaired) electrons. The quantitative estimate of drug-likeness (QED) is 0.827. The molecular formula is C14H15Cl3N2O3. The van der Waals surface area contributed by atoms with E-state index in [4.69, 9.17) is 39.5 Å². The van der Waals surface area contributed by atoms with Crippen LogP contribution in [0.25, 0.3) is 0 Å². The normalized spacial score (nSPS) is 15.4. The number of carbonyl (C=O) groups excluding carboxylic acids is 2. The third kappa shape index (κ3) is 4.48. The number of amides is 1.